The summed E-state index contributed by atoms with van der Waals surface area (Å²) in [5.41, 5.74) is 2.76. The quantitative estimate of drug-likeness (QED) is 0.848. The number of hydrogen-bond donors (Lipinski definition) is 1. The molecule has 1 aromatic carbocycles. The third-order valence-electron chi connectivity index (χ3n) is 3.03. The molecule has 1 atom stereocenters. The molecule has 1 aromatic heterocycles. The van der Waals surface area contributed by atoms with Crippen LogP contribution in [0.5, 0.6) is 0 Å². The number of rotatable bonds is 5. The molecule has 1 N–H and O–H groups in total. The molecule has 0 saturated carbocycles. The molecule has 2 aromatic rings. The van der Waals surface area contributed by atoms with Gasteiger partial charge in [0.25, 0.3) is 0 Å². The first-order valence-electron chi connectivity index (χ1n) is 6.03. The predicted molar refractivity (Wildman–Crippen MR) is 75.9 cm³/mol. The molecule has 90 valence electrons. The van der Waals surface area contributed by atoms with Gasteiger partial charge in [0.2, 0.25) is 0 Å². The van der Waals surface area contributed by atoms with Crippen molar-refractivity contribution in [2.24, 2.45) is 0 Å². The lowest BCUT2D eigenvalue weighted by molar-refractivity contribution is 0.630. The van der Waals surface area contributed by atoms with E-state index in [0.717, 1.165) is 13.0 Å². The van der Waals surface area contributed by atoms with Crippen molar-refractivity contribution in [3.8, 4) is 0 Å². The number of benzene rings is 1. The average Bonchev–Trinajstić information content (AvgIpc) is 2.82. The first-order chi connectivity index (χ1) is 8.29. The molecular weight excluding hydrogens is 226 g/mol. The summed E-state index contributed by atoms with van der Waals surface area (Å²) in [6, 6.07) is 13.3. The lowest BCUT2D eigenvalue weighted by Crippen LogP contribution is -2.18. The highest BCUT2D eigenvalue weighted by Gasteiger charge is 2.11. The van der Waals surface area contributed by atoms with Crippen LogP contribution in [0.1, 0.15) is 21.9 Å². The molecule has 1 heterocycles. The topological polar surface area (TPSA) is 12.0 Å². The standard InChI is InChI=1S/C15H19NS/c1-12-5-7-13(8-6-12)14(11-16-2)10-15-4-3-9-17-15/h3-9,14,16H,10-11H2,1-2H3. The molecule has 2 rings (SSSR count). The highest BCUT2D eigenvalue weighted by atomic mass is 32.1. The van der Waals surface area contributed by atoms with E-state index in [2.05, 4.69) is 54.0 Å². The van der Waals surface area contributed by atoms with Gasteiger partial charge in [-0.05, 0) is 37.4 Å². The molecule has 0 radical (unpaired) electrons. The third kappa shape index (κ3) is 3.42. The van der Waals surface area contributed by atoms with Gasteiger partial charge < -0.3 is 5.32 Å². The van der Waals surface area contributed by atoms with Crippen LogP contribution in [0.4, 0.5) is 0 Å². The molecule has 0 aliphatic heterocycles. The van der Waals surface area contributed by atoms with Crippen molar-refractivity contribution in [1.82, 2.24) is 5.32 Å². The predicted octanol–water partition coefficient (Wildman–Crippen LogP) is 3.60. The normalized spacial score (nSPS) is 12.6. The maximum atomic E-state index is 3.30. The van der Waals surface area contributed by atoms with E-state index in [9.17, 15) is 0 Å². The number of nitrogens with one attached hydrogen (secondary N) is 1. The summed E-state index contributed by atoms with van der Waals surface area (Å²) >= 11 is 1.85. The second-order valence-electron chi connectivity index (χ2n) is 4.45. The highest BCUT2D eigenvalue weighted by Crippen LogP contribution is 2.23. The SMILES string of the molecule is CNCC(Cc1cccs1)c1ccc(C)cc1. The Labute approximate surface area is 108 Å². The first-order valence-corrected chi connectivity index (χ1v) is 6.91. The molecule has 17 heavy (non-hydrogen) atoms. The van der Waals surface area contributed by atoms with Gasteiger partial charge in [-0.1, -0.05) is 35.9 Å². The van der Waals surface area contributed by atoms with Crippen molar-refractivity contribution in [1.29, 1.82) is 0 Å². The molecular formula is C15H19NS. The summed E-state index contributed by atoms with van der Waals surface area (Å²) in [6.07, 6.45) is 1.13. The summed E-state index contributed by atoms with van der Waals surface area (Å²) in [7, 11) is 2.02. The van der Waals surface area contributed by atoms with Crippen LogP contribution >= 0.6 is 11.3 Å². The second-order valence-corrected chi connectivity index (χ2v) is 5.48. The fourth-order valence-electron chi connectivity index (χ4n) is 2.06. The minimum Gasteiger partial charge on any atom is -0.319 e. The minimum absolute atomic E-state index is 0.569. The van der Waals surface area contributed by atoms with Crippen LogP contribution < -0.4 is 5.32 Å². The summed E-state index contributed by atoms with van der Waals surface area (Å²) in [5.74, 6) is 0.569. The molecule has 0 amide bonds. The average molecular weight is 245 g/mol. The Morgan fingerprint density at radius 3 is 2.53 bits per heavy atom. The molecule has 0 aliphatic rings. The van der Waals surface area contributed by atoms with Crippen molar-refractivity contribution in [2.45, 2.75) is 19.3 Å². The van der Waals surface area contributed by atoms with Crippen LogP contribution in [0.25, 0.3) is 0 Å². The van der Waals surface area contributed by atoms with Crippen molar-refractivity contribution < 1.29 is 0 Å². The Morgan fingerprint density at radius 2 is 1.94 bits per heavy atom. The summed E-state index contributed by atoms with van der Waals surface area (Å²) in [5, 5.41) is 5.45. The van der Waals surface area contributed by atoms with Gasteiger partial charge in [0.15, 0.2) is 0 Å². The second kappa shape index (κ2) is 5.99. The molecule has 0 fully saturated rings. The zero-order valence-electron chi connectivity index (χ0n) is 10.4. The van der Waals surface area contributed by atoms with Gasteiger partial charge >= 0.3 is 0 Å². The lowest BCUT2D eigenvalue weighted by atomic mass is 9.94. The Kier molecular flexibility index (Phi) is 4.35. The summed E-state index contributed by atoms with van der Waals surface area (Å²) in [6.45, 7) is 3.16. The van der Waals surface area contributed by atoms with Gasteiger partial charge in [0.05, 0.1) is 0 Å². The van der Waals surface area contributed by atoms with Gasteiger partial charge in [0, 0.05) is 17.3 Å². The zero-order chi connectivity index (χ0) is 12.1. The third-order valence-corrected chi connectivity index (χ3v) is 3.93. The maximum Gasteiger partial charge on any atom is 0.00517 e. The van der Waals surface area contributed by atoms with E-state index in [4.69, 9.17) is 0 Å². The number of aryl methyl sites for hydroxylation is 1. The molecule has 0 bridgehead atoms. The van der Waals surface area contributed by atoms with Crippen LogP contribution in [0.15, 0.2) is 41.8 Å². The van der Waals surface area contributed by atoms with Gasteiger partial charge in [-0.3, -0.25) is 0 Å². The molecule has 0 spiro atoms. The van der Waals surface area contributed by atoms with Crippen LogP contribution in [0, 0.1) is 6.92 Å². The largest absolute Gasteiger partial charge is 0.319 e. The number of thiophene rings is 1. The van der Waals surface area contributed by atoms with Crippen molar-refractivity contribution in [3.05, 3.63) is 57.8 Å². The van der Waals surface area contributed by atoms with Gasteiger partial charge in [-0.15, -0.1) is 11.3 Å². The fraction of sp³-hybridized carbons (Fsp3) is 0.333. The van der Waals surface area contributed by atoms with Gasteiger partial charge in [-0.2, -0.15) is 0 Å². The smallest absolute Gasteiger partial charge is 0.00517 e. The Balaban J connectivity index is 2.13. The molecule has 1 nitrogen and oxygen atoms in total. The van der Waals surface area contributed by atoms with Crippen molar-refractivity contribution in [3.63, 3.8) is 0 Å². The lowest BCUT2D eigenvalue weighted by Gasteiger charge is -2.16. The zero-order valence-corrected chi connectivity index (χ0v) is 11.3. The molecule has 2 heteroatoms. The van der Waals surface area contributed by atoms with Crippen LogP contribution in [-0.4, -0.2) is 13.6 Å². The molecule has 0 saturated heterocycles. The molecule has 1 unspecified atom stereocenters. The Hall–Kier alpha value is -1.12. The summed E-state index contributed by atoms with van der Waals surface area (Å²) < 4.78 is 0. The Bertz CT molecular complexity index is 430. The van der Waals surface area contributed by atoms with E-state index in [0.29, 0.717) is 5.92 Å². The monoisotopic (exact) mass is 245 g/mol. The van der Waals surface area contributed by atoms with Crippen LogP contribution in [0.3, 0.4) is 0 Å². The highest BCUT2D eigenvalue weighted by molar-refractivity contribution is 7.09. The van der Waals surface area contributed by atoms with Gasteiger partial charge in [-0.25, -0.2) is 0 Å². The Morgan fingerprint density at radius 1 is 1.18 bits per heavy atom. The van der Waals surface area contributed by atoms with E-state index in [-0.39, 0.29) is 0 Å². The van der Waals surface area contributed by atoms with E-state index in [1.165, 1.54) is 16.0 Å². The van der Waals surface area contributed by atoms with Crippen molar-refractivity contribution >= 4 is 11.3 Å². The van der Waals surface area contributed by atoms with Gasteiger partial charge in [0.1, 0.15) is 0 Å². The minimum atomic E-state index is 0.569. The van der Waals surface area contributed by atoms with E-state index in [1.54, 1.807) is 0 Å². The maximum absolute atomic E-state index is 3.30. The van der Waals surface area contributed by atoms with E-state index >= 15 is 0 Å². The van der Waals surface area contributed by atoms with E-state index < -0.39 is 0 Å². The number of likely N-dealkylation sites (N-methyl/N-ethyl adjacent to an activating group) is 1. The first kappa shape index (κ1) is 12.3. The van der Waals surface area contributed by atoms with Crippen LogP contribution in [-0.2, 0) is 6.42 Å². The number of hydrogen-bond acceptors (Lipinski definition) is 2. The van der Waals surface area contributed by atoms with E-state index in [1.807, 2.05) is 18.4 Å². The molecule has 0 aliphatic carbocycles. The fourth-order valence-corrected chi connectivity index (χ4v) is 2.85. The van der Waals surface area contributed by atoms with Crippen LogP contribution in [0.2, 0.25) is 0 Å². The summed E-state index contributed by atoms with van der Waals surface area (Å²) in [4.78, 5) is 1.46. The van der Waals surface area contributed by atoms with Crippen molar-refractivity contribution in [2.75, 3.05) is 13.6 Å².